The van der Waals surface area contributed by atoms with Gasteiger partial charge in [0.15, 0.2) is 0 Å². The molecule has 0 amide bonds. The Balaban J connectivity index is 1.06. The maximum absolute atomic E-state index is 7.07. The molecule has 13 rings (SSSR count). The summed E-state index contributed by atoms with van der Waals surface area (Å²) in [5.41, 5.74) is 9.40. The van der Waals surface area contributed by atoms with Gasteiger partial charge in [0.25, 0.3) is 6.71 Å². The third kappa shape index (κ3) is 5.60. The summed E-state index contributed by atoms with van der Waals surface area (Å²) >= 11 is 0. The van der Waals surface area contributed by atoms with Crippen molar-refractivity contribution in [3.8, 4) is 23.0 Å². The van der Waals surface area contributed by atoms with Crippen molar-refractivity contribution in [2.45, 2.75) is 0 Å². The molecule has 63 heavy (non-hydrogen) atoms. The number of pyridine rings is 2. The third-order valence-corrected chi connectivity index (χ3v) is 12.7. The number of nitrogens with zero attached hydrogens (tertiary/aromatic N) is 4. The predicted molar refractivity (Wildman–Crippen MR) is 259 cm³/mol. The number of benzene rings is 9. The van der Waals surface area contributed by atoms with E-state index in [0.717, 1.165) is 95.1 Å². The summed E-state index contributed by atoms with van der Waals surface area (Å²) in [5.74, 6) is 3.21. The first-order valence-electron chi connectivity index (χ1n) is 21.2. The van der Waals surface area contributed by atoms with Crippen LogP contribution in [0.1, 0.15) is 0 Å². The quantitative estimate of drug-likeness (QED) is 0.156. The molecule has 0 unspecified atom stereocenters. The van der Waals surface area contributed by atoms with Crippen LogP contribution in [0.15, 0.2) is 213 Å². The highest BCUT2D eigenvalue weighted by Gasteiger charge is 2.43. The van der Waals surface area contributed by atoms with Crippen LogP contribution in [0.3, 0.4) is 0 Å². The second-order valence-corrected chi connectivity index (χ2v) is 16.2. The standard InChI is InChI=1S/C56H35BN4O2/c1-3-12-38-32-42(22-20-36(38)10-1)60(40-24-28-58-29-25-40)48-34-52-54(46-16-7-5-14-44(46)48)57-55-47-17-8-6-15-45(47)49(35-53(55)63-51-19-9-18-50(62-52)56(51)57)61(41-26-30-59-31-27-41)43-23-21-37-11-2-4-13-39(37)33-43/h1-35H. The predicted octanol–water partition coefficient (Wildman–Crippen LogP) is 12.8. The van der Waals surface area contributed by atoms with Gasteiger partial charge in [-0.1, -0.05) is 115 Å². The van der Waals surface area contributed by atoms with Gasteiger partial charge in [0, 0.05) is 75.9 Å². The molecule has 0 radical (unpaired) electrons. The summed E-state index contributed by atoms with van der Waals surface area (Å²) in [7, 11) is 0. The summed E-state index contributed by atoms with van der Waals surface area (Å²) in [5, 5.41) is 9.18. The minimum Gasteiger partial charge on any atom is -0.458 e. The second-order valence-electron chi connectivity index (χ2n) is 16.2. The molecular weight excluding hydrogens is 771 g/mol. The molecule has 4 heterocycles. The van der Waals surface area contributed by atoms with E-state index in [1.54, 1.807) is 0 Å². The highest BCUT2D eigenvalue weighted by Crippen LogP contribution is 2.47. The van der Waals surface area contributed by atoms with E-state index in [1.165, 1.54) is 21.5 Å². The Hall–Kier alpha value is -8.42. The van der Waals surface area contributed by atoms with Crippen LogP contribution in [0.5, 0.6) is 23.0 Å². The van der Waals surface area contributed by atoms with Gasteiger partial charge in [-0.15, -0.1) is 0 Å². The minimum atomic E-state index is -0.188. The Morgan fingerprint density at radius 2 is 0.730 bits per heavy atom. The van der Waals surface area contributed by atoms with E-state index in [1.807, 2.05) is 30.9 Å². The van der Waals surface area contributed by atoms with Crippen molar-refractivity contribution in [1.82, 2.24) is 9.97 Å². The van der Waals surface area contributed by atoms with Crippen LogP contribution in [-0.2, 0) is 0 Å². The normalized spacial score (nSPS) is 12.3. The molecule has 0 saturated carbocycles. The fourth-order valence-electron chi connectivity index (χ4n) is 9.97. The lowest BCUT2D eigenvalue weighted by molar-refractivity contribution is 0.465. The first kappa shape index (κ1) is 35.4. The molecule has 294 valence electrons. The summed E-state index contributed by atoms with van der Waals surface area (Å²) in [6.07, 6.45) is 7.41. The smallest absolute Gasteiger partial charge is 0.262 e. The van der Waals surface area contributed by atoms with Crippen LogP contribution in [0, 0.1) is 0 Å². The molecule has 2 aliphatic heterocycles. The molecule has 7 heteroatoms. The van der Waals surface area contributed by atoms with E-state index >= 15 is 0 Å². The fourth-order valence-corrected chi connectivity index (χ4v) is 9.97. The first-order valence-corrected chi connectivity index (χ1v) is 21.2. The average molecular weight is 807 g/mol. The van der Waals surface area contributed by atoms with Crippen LogP contribution in [-0.4, -0.2) is 16.7 Å². The Labute approximate surface area is 363 Å². The van der Waals surface area contributed by atoms with E-state index in [0.29, 0.717) is 0 Å². The number of anilines is 6. The Morgan fingerprint density at radius 1 is 0.317 bits per heavy atom. The summed E-state index contributed by atoms with van der Waals surface area (Å²) in [4.78, 5) is 13.4. The highest BCUT2D eigenvalue weighted by atomic mass is 16.5. The van der Waals surface area contributed by atoms with Crippen molar-refractivity contribution in [3.63, 3.8) is 0 Å². The lowest BCUT2D eigenvalue weighted by Gasteiger charge is -2.37. The van der Waals surface area contributed by atoms with Gasteiger partial charge >= 0.3 is 0 Å². The molecule has 0 atom stereocenters. The van der Waals surface area contributed by atoms with Gasteiger partial charge in [0.1, 0.15) is 23.0 Å². The number of aromatic nitrogens is 2. The van der Waals surface area contributed by atoms with Crippen molar-refractivity contribution in [2.24, 2.45) is 0 Å². The maximum atomic E-state index is 7.07. The number of rotatable bonds is 6. The van der Waals surface area contributed by atoms with E-state index in [9.17, 15) is 0 Å². The Morgan fingerprint density at radius 3 is 1.19 bits per heavy atom. The van der Waals surface area contributed by atoms with E-state index in [2.05, 4.69) is 202 Å². The van der Waals surface area contributed by atoms with Crippen LogP contribution in [0.2, 0.25) is 0 Å². The van der Waals surface area contributed by atoms with Crippen LogP contribution in [0.25, 0.3) is 43.1 Å². The molecular formula is C56H35BN4O2. The highest BCUT2D eigenvalue weighted by molar-refractivity contribution is 7.01. The molecule has 9 aromatic carbocycles. The van der Waals surface area contributed by atoms with Gasteiger partial charge in [-0.2, -0.15) is 0 Å². The molecule has 6 nitrogen and oxygen atoms in total. The van der Waals surface area contributed by atoms with Crippen molar-refractivity contribution in [3.05, 3.63) is 213 Å². The Bertz CT molecular complexity index is 3380. The first-order chi connectivity index (χ1) is 31.2. The maximum Gasteiger partial charge on any atom is 0.262 e. The van der Waals surface area contributed by atoms with Gasteiger partial charge in [-0.05, 0) is 104 Å². The Kier molecular flexibility index (Phi) is 7.90. The number of hydrogen-bond acceptors (Lipinski definition) is 6. The zero-order valence-electron chi connectivity index (χ0n) is 33.9. The van der Waals surface area contributed by atoms with E-state index in [4.69, 9.17) is 9.47 Å². The van der Waals surface area contributed by atoms with Crippen LogP contribution in [0.4, 0.5) is 34.1 Å². The van der Waals surface area contributed by atoms with Crippen molar-refractivity contribution in [2.75, 3.05) is 9.80 Å². The number of fused-ring (bicyclic) bond motifs is 10. The summed E-state index contributed by atoms with van der Waals surface area (Å²) < 4.78 is 14.1. The lowest BCUT2D eigenvalue weighted by atomic mass is 9.33. The van der Waals surface area contributed by atoms with Gasteiger partial charge in [-0.25, -0.2) is 0 Å². The molecule has 11 aromatic rings. The monoisotopic (exact) mass is 806 g/mol. The molecule has 0 N–H and O–H groups in total. The SMILES string of the molecule is c1cc2c3c(c1)Oc1cc(N(c4ccncc4)c4ccc5ccccc5c4)c4ccccc4c1B3c1c(cc(N(c3ccncc3)c3ccc4ccccc4c3)c3ccccc13)O2. The second kappa shape index (κ2) is 14.1. The average Bonchev–Trinajstić information content (AvgIpc) is 3.34. The molecule has 0 bridgehead atoms. The molecule has 0 fully saturated rings. The molecule has 0 saturated heterocycles. The van der Waals surface area contributed by atoms with E-state index < -0.39 is 0 Å². The summed E-state index contributed by atoms with van der Waals surface area (Å²) in [6.45, 7) is -0.188. The summed E-state index contributed by atoms with van der Waals surface area (Å²) in [6, 6.07) is 66.7. The topological polar surface area (TPSA) is 50.7 Å². The molecule has 2 aliphatic rings. The zero-order chi connectivity index (χ0) is 41.4. The van der Waals surface area contributed by atoms with Crippen molar-refractivity contribution >= 4 is 100 Å². The fraction of sp³-hybridized carbons (Fsp3) is 0. The molecule has 0 aliphatic carbocycles. The third-order valence-electron chi connectivity index (χ3n) is 12.7. The van der Waals surface area contributed by atoms with Crippen LogP contribution < -0.4 is 35.7 Å². The molecule has 2 aromatic heterocycles. The number of hydrogen-bond donors (Lipinski definition) is 0. The molecule has 0 spiro atoms. The zero-order valence-corrected chi connectivity index (χ0v) is 33.9. The minimum absolute atomic E-state index is 0.188. The van der Waals surface area contributed by atoms with Gasteiger partial charge in [-0.3, -0.25) is 9.97 Å². The van der Waals surface area contributed by atoms with Crippen molar-refractivity contribution < 1.29 is 9.47 Å². The number of ether oxygens (including phenoxy) is 2. The van der Waals surface area contributed by atoms with Gasteiger partial charge in [0.2, 0.25) is 0 Å². The van der Waals surface area contributed by atoms with Crippen molar-refractivity contribution in [1.29, 1.82) is 0 Å². The van der Waals surface area contributed by atoms with Gasteiger partial charge < -0.3 is 19.3 Å². The largest absolute Gasteiger partial charge is 0.458 e. The van der Waals surface area contributed by atoms with E-state index in [-0.39, 0.29) is 6.71 Å². The lowest BCUT2D eigenvalue weighted by Crippen LogP contribution is -2.58. The van der Waals surface area contributed by atoms with Crippen LogP contribution >= 0.6 is 0 Å². The van der Waals surface area contributed by atoms with Gasteiger partial charge in [0.05, 0.1) is 11.4 Å².